The van der Waals surface area contributed by atoms with E-state index in [1.807, 2.05) is 49.4 Å². The summed E-state index contributed by atoms with van der Waals surface area (Å²) in [5.74, 6) is -0.666. The Bertz CT molecular complexity index is 954. The predicted molar refractivity (Wildman–Crippen MR) is 110 cm³/mol. The van der Waals surface area contributed by atoms with Gasteiger partial charge in [0.05, 0.1) is 6.04 Å². The molecule has 0 bridgehead atoms. The molecule has 1 aliphatic carbocycles. The molecule has 29 heavy (non-hydrogen) atoms. The lowest BCUT2D eigenvalue weighted by Gasteiger charge is -2.27. The van der Waals surface area contributed by atoms with Gasteiger partial charge in [0.15, 0.2) is 0 Å². The number of nitrogens with zero attached hydrogens (tertiary/aromatic N) is 2. The first-order valence-corrected chi connectivity index (χ1v) is 10.0. The fraction of sp³-hybridized carbons (Fsp3) is 0.348. The molecular formula is C23H25N3O3. The summed E-state index contributed by atoms with van der Waals surface area (Å²) in [6, 6.07) is 14.4. The number of imide groups is 1. The summed E-state index contributed by atoms with van der Waals surface area (Å²) in [6.45, 7) is 3.39. The van der Waals surface area contributed by atoms with Crippen molar-refractivity contribution in [3.63, 3.8) is 0 Å². The number of amides is 4. The number of benzene rings is 2. The highest BCUT2D eigenvalue weighted by Crippen LogP contribution is 2.30. The van der Waals surface area contributed by atoms with Crippen LogP contribution in [0.4, 0.5) is 10.5 Å². The SMILES string of the molecule is Cc1ccc(N2C(=O)N(CC(=O)N[C@@H]3CCCc4ccccc43)C(=O)[C@@H]2C)cc1. The molecule has 2 aromatic carbocycles. The number of rotatable bonds is 4. The first-order chi connectivity index (χ1) is 14.0. The van der Waals surface area contributed by atoms with Gasteiger partial charge in [-0.1, -0.05) is 42.0 Å². The molecule has 0 saturated carbocycles. The van der Waals surface area contributed by atoms with Crippen molar-refractivity contribution < 1.29 is 14.4 Å². The maximum atomic E-state index is 12.9. The maximum absolute atomic E-state index is 12.9. The van der Waals surface area contributed by atoms with Crippen LogP contribution >= 0.6 is 0 Å². The van der Waals surface area contributed by atoms with Crippen LogP contribution in [-0.4, -0.2) is 35.3 Å². The second-order valence-corrected chi connectivity index (χ2v) is 7.80. The van der Waals surface area contributed by atoms with Crippen molar-refractivity contribution in [3.8, 4) is 0 Å². The Morgan fingerprint density at radius 2 is 1.83 bits per heavy atom. The van der Waals surface area contributed by atoms with Gasteiger partial charge < -0.3 is 5.32 Å². The van der Waals surface area contributed by atoms with Crippen LogP contribution in [0.25, 0.3) is 0 Å². The van der Waals surface area contributed by atoms with Gasteiger partial charge in [0, 0.05) is 5.69 Å². The van der Waals surface area contributed by atoms with Crippen molar-refractivity contribution in [2.75, 3.05) is 11.4 Å². The number of carbonyl (C=O) groups excluding carboxylic acids is 3. The summed E-state index contributed by atoms with van der Waals surface area (Å²) >= 11 is 0. The third-order valence-corrected chi connectivity index (χ3v) is 5.77. The molecule has 4 amide bonds. The molecule has 1 aliphatic heterocycles. The Labute approximate surface area is 170 Å². The van der Waals surface area contributed by atoms with Gasteiger partial charge in [-0.2, -0.15) is 0 Å². The number of hydrogen-bond donors (Lipinski definition) is 1. The first-order valence-electron chi connectivity index (χ1n) is 10.0. The van der Waals surface area contributed by atoms with E-state index in [1.54, 1.807) is 6.92 Å². The van der Waals surface area contributed by atoms with E-state index >= 15 is 0 Å². The van der Waals surface area contributed by atoms with Crippen LogP contribution in [0, 0.1) is 6.92 Å². The van der Waals surface area contributed by atoms with Crippen molar-refractivity contribution >= 4 is 23.5 Å². The molecule has 6 heteroatoms. The van der Waals surface area contributed by atoms with Crippen LogP contribution < -0.4 is 10.2 Å². The van der Waals surface area contributed by atoms with Crippen molar-refractivity contribution in [2.24, 2.45) is 0 Å². The summed E-state index contributed by atoms with van der Waals surface area (Å²) in [4.78, 5) is 40.8. The molecule has 1 saturated heterocycles. The molecule has 0 unspecified atom stereocenters. The Kier molecular flexibility index (Phi) is 5.09. The van der Waals surface area contributed by atoms with Gasteiger partial charge in [-0.3, -0.25) is 19.4 Å². The van der Waals surface area contributed by atoms with E-state index < -0.39 is 12.1 Å². The van der Waals surface area contributed by atoms with Gasteiger partial charge >= 0.3 is 6.03 Å². The lowest BCUT2D eigenvalue weighted by molar-refractivity contribution is -0.132. The van der Waals surface area contributed by atoms with E-state index in [1.165, 1.54) is 10.5 Å². The number of hydrogen-bond acceptors (Lipinski definition) is 3. The number of anilines is 1. The highest BCUT2D eigenvalue weighted by molar-refractivity contribution is 6.15. The van der Waals surface area contributed by atoms with Crippen molar-refractivity contribution in [1.29, 1.82) is 0 Å². The van der Waals surface area contributed by atoms with Crippen molar-refractivity contribution in [2.45, 2.75) is 45.2 Å². The lowest BCUT2D eigenvalue weighted by Crippen LogP contribution is -2.43. The Morgan fingerprint density at radius 1 is 1.10 bits per heavy atom. The second kappa shape index (κ2) is 7.70. The van der Waals surface area contributed by atoms with Gasteiger partial charge in [-0.05, 0) is 56.4 Å². The number of aryl methyl sites for hydroxylation is 2. The first kappa shape index (κ1) is 19.2. The van der Waals surface area contributed by atoms with E-state index in [-0.39, 0.29) is 24.4 Å². The third kappa shape index (κ3) is 3.62. The fourth-order valence-electron chi connectivity index (χ4n) is 4.20. The molecule has 0 spiro atoms. The molecule has 1 N–H and O–H groups in total. The molecule has 1 heterocycles. The normalized spacial score (nSPS) is 21.3. The van der Waals surface area contributed by atoms with E-state index in [4.69, 9.17) is 0 Å². The molecule has 0 aromatic heterocycles. The van der Waals surface area contributed by atoms with Gasteiger partial charge in [-0.25, -0.2) is 4.79 Å². The molecule has 0 radical (unpaired) electrons. The molecule has 2 atom stereocenters. The minimum absolute atomic E-state index is 0.0779. The topological polar surface area (TPSA) is 69.7 Å². The lowest BCUT2D eigenvalue weighted by atomic mass is 9.88. The Balaban J connectivity index is 1.47. The summed E-state index contributed by atoms with van der Waals surface area (Å²) in [7, 11) is 0. The highest BCUT2D eigenvalue weighted by atomic mass is 16.2. The summed E-state index contributed by atoms with van der Waals surface area (Å²) in [6.07, 6.45) is 2.87. The number of fused-ring (bicyclic) bond motifs is 1. The zero-order valence-corrected chi connectivity index (χ0v) is 16.7. The smallest absolute Gasteiger partial charge is 0.332 e. The zero-order valence-electron chi connectivity index (χ0n) is 16.7. The van der Waals surface area contributed by atoms with Gasteiger partial charge in [0.1, 0.15) is 12.6 Å². The van der Waals surface area contributed by atoms with Crippen LogP contribution in [0.3, 0.4) is 0 Å². The molecule has 6 nitrogen and oxygen atoms in total. The quantitative estimate of drug-likeness (QED) is 0.813. The molecule has 150 valence electrons. The zero-order chi connectivity index (χ0) is 20.5. The predicted octanol–water partition coefficient (Wildman–Crippen LogP) is 3.35. The van der Waals surface area contributed by atoms with Crippen LogP contribution in [0.5, 0.6) is 0 Å². The van der Waals surface area contributed by atoms with Crippen LogP contribution in [-0.2, 0) is 16.0 Å². The largest absolute Gasteiger partial charge is 0.348 e. The van der Waals surface area contributed by atoms with Gasteiger partial charge in [-0.15, -0.1) is 0 Å². The van der Waals surface area contributed by atoms with E-state index in [0.29, 0.717) is 5.69 Å². The number of carbonyl (C=O) groups is 3. The Morgan fingerprint density at radius 3 is 2.59 bits per heavy atom. The Hall–Kier alpha value is -3.15. The van der Waals surface area contributed by atoms with Gasteiger partial charge in [0.2, 0.25) is 5.91 Å². The van der Waals surface area contributed by atoms with Gasteiger partial charge in [0.25, 0.3) is 5.91 Å². The standard InChI is InChI=1S/C23H25N3O3/c1-15-10-12-18(13-11-15)26-16(2)22(28)25(23(26)29)14-21(27)24-20-9-5-7-17-6-3-4-8-19(17)20/h3-4,6,8,10-13,16,20H,5,7,9,14H2,1-2H3,(H,24,27)/t16-,20+/m0/s1. The summed E-state index contributed by atoms with van der Waals surface area (Å²) in [5, 5.41) is 3.02. The summed E-state index contributed by atoms with van der Waals surface area (Å²) < 4.78 is 0. The van der Waals surface area contributed by atoms with Crippen LogP contribution in [0.1, 0.15) is 42.5 Å². The average molecular weight is 391 g/mol. The monoisotopic (exact) mass is 391 g/mol. The number of nitrogens with one attached hydrogen (secondary N) is 1. The van der Waals surface area contributed by atoms with E-state index in [9.17, 15) is 14.4 Å². The van der Waals surface area contributed by atoms with E-state index in [0.717, 1.165) is 35.3 Å². The second-order valence-electron chi connectivity index (χ2n) is 7.80. The molecule has 1 fully saturated rings. The van der Waals surface area contributed by atoms with E-state index in [2.05, 4.69) is 11.4 Å². The van der Waals surface area contributed by atoms with Crippen molar-refractivity contribution in [1.82, 2.24) is 10.2 Å². The highest BCUT2D eigenvalue weighted by Gasteiger charge is 2.44. The average Bonchev–Trinajstić information content (AvgIpc) is 2.92. The minimum Gasteiger partial charge on any atom is -0.348 e. The van der Waals surface area contributed by atoms with Crippen molar-refractivity contribution in [3.05, 3.63) is 65.2 Å². The molecule has 2 aliphatic rings. The number of urea groups is 1. The fourth-order valence-corrected chi connectivity index (χ4v) is 4.20. The van der Waals surface area contributed by atoms with Crippen LogP contribution in [0.2, 0.25) is 0 Å². The molecule has 4 rings (SSSR count). The third-order valence-electron chi connectivity index (χ3n) is 5.77. The van der Waals surface area contributed by atoms with Crippen LogP contribution in [0.15, 0.2) is 48.5 Å². The maximum Gasteiger partial charge on any atom is 0.332 e. The molecule has 2 aromatic rings. The molecular weight excluding hydrogens is 366 g/mol. The minimum atomic E-state index is -0.631. The summed E-state index contributed by atoms with van der Waals surface area (Å²) in [5.41, 5.74) is 4.10.